The van der Waals surface area contributed by atoms with Crippen molar-refractivity contribution in [3.63, 3.8) is 0 Å². The summed E-state index contributed by atoms with van der Waals surface area (Å²) in [4.78, 5) is 0. The molecule has 0 radical (unpaired) electrons. The summed E-state index contributed by atoms with van der Waals surface area (Å²) in [6.07, 6.45) is -2.02. The van der Waals surface area contributed by atoms with Gasteiger partial charge in [-0.05, 0) is 12.1 Å². The Kier molecular flexibility index (Phi) is 4.10. The van der Waals surface area contributed by atoms with Crippen LogP contribution in [0.1, 0.15) is 12.0 Å². The van der Waals surface area contributed by atoms with Crippen LogP contribution in [0.4, 0.5) is 17.6 Å². The van der Waals surface area contributed by atoms with E-state index in [9.17, 15) is 17.6 Å². The van der Waals surface area contributed by atoms with Gasteiger partial charge in [-0.1, -0.05) is 12.2 Å². The van der Waals surface area contributed by atoms with Gasteiger partial charge in [-0.15, -0.1) is 13.2 Å². The first-order valence-corrected chi connectivity index (χ1v) is 4.51. The zero-order chi connectivity index (χ0) is 12.9. The average molecular weight is 245 g/mol. The van der Waals surface area contributed by atoms with E-state index in [-0.39, 0.29) is 12.0 Å². The second-order valence-electron chi connectivity index (χ2n) is 3.00. The number of hydrogen-bond donors (Lipinski definition) is 0. The lowest BCUT2D eigenvalue weighted by Gasteiger charge is -2.09. The highest BCUT2D eigenvalue weighted by molar-refractivity contribution is 5.51. The van der Waals surface area contributed by atoms with Crippen molar-refractivity contribution < 1.29 is 22.3 Å². The number of benzene rings is 1. The van der Waals surface area contributed by atoms with Crippen molar-refractivity contribution in [2.24, 2.45) is 0 Å². The Bertz CT molecular complexity index is 460. The first-order valence-electron chi connectivity index (χ1n) is 4.51. The lowest BCUT2D eigenvalue weighted by molar-refractivity contribution is -0.274. The molecule has 0 saturated heterocycles. The van der Waals surface area contributed by atoms with Gasteiger partial charge in [-0.25, -0.2) is 4.39 Å². The van der Waals surface area contributed by atoms with Crippen molar-refractivity contribution in [1.29, 1.82) is 5.26 Å². The van der Waals surface area contributed by atoms with E-state index in [1.54, 1.807) is 0 Å². The number of ether oxygens (including phenoxy) is 1. The standard InChI is InChI=1S/C11H7F4NO/c12-10-7-9(17-11(13,14)15)5-4-8(10)3-1-2-6-16/h1,3-5,7H,2H2. The van der Waals surface area contributed by atoms with Gasteiger partial charge in [0.25, 0.3) is 0 Å². The summed E-state index contributed by atoms with van der Waals surface area (Å²) >= 11 is 0. The molecule has 0 heterocycles. The van der Waals surface area contributed by atoms with Gasteiger partial charge < -0.3 is 4.74 Å². The van der Waals surface area contributed by atoms with E-state index in [2.05, 4.69) is 4.74 Å². The predicted molar refractivity (Wildman–Crippen MR) is 52.3 cm³/mol. The highest BCUT2D eigenvalue weighted by Gasteiger charge is 2.31. The SMILES string of the molecule is N#CCC=Cc1ccc(OC(F)(F)F)cc1F. The molecule has 0 bridgehead atoms. The van der Waals surface area contributed by atoms with E-state index in [1.165, 1.54) is 12.2 Å². The van der Waals surface area contributed by atoms with Gasteiger partial charge in [0.1, 0.15) is 11.6 Å². The van der Waals surface area contributed by atoms with Crippen LogP contribution in [-0.2, 0) is 0 Å². The van der Waals surface area contributed by atoms with Gasteiger partial charge >= 0.3 is 6.36 Å². The highest BCUT2D eigenvalue weighted by atomic mass is 19.4. The largest absolute Gasteiger partial charge is 0.573 e. The monoisotopic (exact) mass is 245 g/mol. The topological polar surface area (TPSA) is 33.0 Å². The van der Waals surface area contributed by atoms with E-state index >= 15 is 0 Å². The van der Waals surface area contributed by atoms with Gasteiger partial charge in [-0.3, -0.25) is 0 Å². The fraction of sp³-hybridized carbons (Fsp3) is 0.182. The zero-order valence-corrected chi connectivity index (χ0v) is 8.46. The lowest BCUT2D eigenvalue weighted by atomic mass is 10.2. The first kappa shape index (κ1) is 13.0. The Morgan fingerprint density at radius 2 is 2.06 bits per heavy atom. The Balaban J connectivity index is 2.84. The molecule has 0 aromatic heterocycles. The summed E-state index contributed by atoms with van der Waals surface area (Å²) in [5.41, 5.74) is 0.0924. The Morgan fingerprint density at radius 1 is 1.35 bits per heavy atom. The normalized spacial score (nSPS) is 11.5. The van der Waals surface area contributed by atoms with Gasteiger partial charge in [-0.2, -0.15) is 5.26 Å². The summed E-state index contributed by atoms with van der Waals surface area (Å²) in [7, 11) is 0. The minimum atomic E-state index is -4.84. The van der Waals surface area contributed by atoms with Crippen LogP contribution in [0.2, 0.25) is 0 Å². The Labute approximate surface area is 94.7 Å². The molecule has 1 aromatic carbocycles. The summed E-state index contributed by atoms with van der Waals surface area (Å²) in [5.74, 6) is -1.46. The van der Waals surface area contributed by atoms with Crippen molar-refractivity contribution in [1.82, 2.24) is 0 Å². The number of rotatable bonds is 3. The molecule has 0 amide bonds. The van der Waals surface area contributed by atoms with Crippen LogP contribution in [0.3, 0.4) is 0 Å². The molecule has 0 spiro atoms. The van der Waals surface area contributed by atoms with E-state index in [0.717, 1.165) is 12.1 Å². The summed E-state index contributed by atoms with van der Waals surface area (Å²) in [6, 6.07) is 4.60. The number of alkyl halides is 3. The summed E-state index contributed by atoms with van der Waals surface area (Å²) in [6.45, 7) is 0. The van der Waals surface area contributed by atoms with E-state index < -0.39 is 17.9 Å². The van der Waals surface area contributed by atoms with Gasteiger partial charge in [0.2, 0.25) is 0 Å². The molecule has 0 aliphatic heterocycles. The maximum Gasteiger partial charge on any atom is 0.573 e. The molecule has 0 unspecified atom stereocenters. The molecule has 0 atom stereocenters. The summed E-state index contributed by atoms with van der Waals surface area (Å²) in [5, 5.41) is 8.25. The lowest BCUT2D eigenvalue weighted by Crippen LogP contribution is -2.17. The first-order chi connectivity index (χ1) is 7.92. The molecule has 0 N–H and O–H groups in total. The van der Waals surface area contributed by atoms with Crippen LogP contribution in [0.15, 0.2) is 24.3 Å². The maximum atomic E-state index is 13.3. The third-order valence-corrected chi connectivity index (χ3v) is 1.71. The quantitative estimate of drug-likeness (QED) is 0.761. The Morgan fingerprint density at radius 3 is 2.59 bits per heavy atom. The Hall–Kier alpha value is -2.03. The van der Waals surface area contributed by atoms with E-state index in [4.69, 9.17) is 5.26 Å². The molecule has 17 heavy (non-hydrogen) atoms. The van der Waals surface area contributed by atoms with Crippen molar-refractivity contribution in [2.45, 2.75) is 12.8 Å². The predicted octanol–water partition coefficient (Wildman–Crippen LogP) is 3.65. The van der Waals surface area contributed by atoms with Crippen LogP contribution in [0, 0.1) is 17.1 Å². The number of halogens is 4. The molecule has 0 fully saturated rings. The minimum absolute atomic E-state index is 0.0924. The van der Waals surface area contributed by atoms with Crippen molar-refractivity contribution in [2.75, 3.05) is 0 Å². The van der Waals surface area contributed by atoms with Crippen molar-refractivity contribution >= 4 is 6.08 Å². The third-order valence-electron chi connectivity index (χ3n) is 1.71. The van der Waals surface area contributed by atoms with E-state index in [0.29, 0.717) is 6.07 Å². The van der Waals surface area contributed by atoms with Crippen LogP contribution in [0.5, 0.6) is 5.75 Å². The fourth-order valence-corrected chi connectivity index (χ4v) is 1.08. The van der Waals surface area contributed by atoms with Gasteiger partial charge in [0, 0.05) is 11.6 Å². The molecular weight excluding hydrogens is 238 g/mol. The smallest absolute Gasteiger partial charge is 0.406 e. The molecule has 0 aliphatic carbocycles. The zero-order valence-electron chi connectivity index (χ0n) is 8.46. The molecule has 0 aliphatic rings. The molecule has 0 saturated carbocycles. The third kappa shape index (κ3) is 4.55. The number of hydrogen-bond acceptors (Lipinski definition) is 2. The number of nitrogens with zero attached hydrogens (tertiary/aromatic N) is 1. The average Bonchev–Trinajstić information content (AvgIpc) is 2.19. The molecule has 1 rings (SSSR count). The summed E-state index contributed by atoms with van der Waals surface area (Å²) < 4.78 is 52.3. The van der Waals surface area contributed by atoms with Crippen LogP contribution < -0.4 is 4.74 Å². The molecule has 1 aromatic rings. The molecular formula is C11H7F4NO. The fourth-order valence-electron chi connectivity index (χ4n) is 1.08. The van der Waals surface area contributed by atoms with Gasteiger partial charge in [0.15, 0.2) is 0 Å². The van der Waals surface area contributed by atoms with Crippen molar-refractivity contribution in [3.05, 3.63) is 35.7 Å². The van der Waals surface area contributed by atoms with Crippen LogP contribution >= 0.6 is 0 Å². The van der Waals surface area contributed by atoms with Crippen LogP contribution in [0.25, 0.3) is 6.08 Å². The van der Waals surface area contributed by atoms with Crippen LogP contribution in [-0.4, -0.2) is 6.36 Å². The number of nitriles is 1. The van der Waals surface area contributed by atoms with E-state index in [1.807, 2.05) is 6.07 Å². The van der Waals surface area contributed by atoms with Gasteiger partial charge in [0.05, 0.1) is 12.5 Å². The number of allylic oxidation sites excluding steroid dienone is 1. The molecule has 90 valence electrons. The van der Waals surface area contributed by atoms with Crippen molar-refractivity contribution in [3.8, 4) is 11.8 Å². The molecule has 2 nitrogen and oxygen atoms in total. The minimum Gasteiger partial charge on any atom is -0.406 e. The second-order valence-corrected chi connectivity index (χ2v) is 3.00. The highest BCUT2D eigenvalue weighted by Crippen LogP contribution is 2.24. The second kappa shape index (κ2) is 5.34. The molecule has 6 heteroatoms. The maximum absolute atomic E-state index is 13.3.